The number of aromatic nitrogens is 5. The maximum Gasteiger partial charge on any atom is 0.241 e. The highest BCUT2D eigenvalue weighted by molar-refractivity contribution is 7.13. The standard InChI is InChI=1S/C15H17N7OS/c1-10-7-12(16)22(21-10)8-13(23)17-6-3-11-9-24-15(20-11)14-18-4-2-5-19-14/h2,4-5,7,9H,3,6,8,16H2,1H3,(H,17,23). The first kappa shape index (κ1) is 16.1. The Kier molecular flexibility index (Phi) is 4.80. The molecule has 0 radical (unpaired) electrons. The molecule has 0 aliphatic heterocycles. The average molecular weight is 343 g/mol. The highest BCUT2D eigenvalue weighted by Gasteiger charge is 2.09. The second-order valence-electron chi connectivity index (χ2n) is 5.18. The first-order chi connectivity index (χ1) is 11.6. The van der Waals surface area contributed by atoms with Crippen molar-refractivity contribution in [1.82, 2.24) is 30.0 Å². The molecular formula is C15H17N7OS. The zero-order valence-electron chi connectivity index (χ0n) is 13.1. The lowest BCUT2D eigenvalue weighted by atomic mass is 10.3. The predicted molar refractivity (Wildman–Crippen MR) is 91.2 cm³/mol. The monoisotopic (exact) mass is 343 g/mol. The van der Waals surface area contributed by atoms with Crippen molar-refractivity contribution in [2.75, 3.05) is 12.3 Å². The summed E-state index contributed by atoms with van der Waals surface area (Å²) in [5.74, 6) is 0.962. The topological polar surface area (TPSA) is 112 Å². The van der Waals surface area contributed by atoms with E-state index in [0.29, 0.717) is 24.6 Å². The van der Waals surface area contributed by atoms with E-state index in [2.05, 4.69) is 25.4 Å². The Balaban J connectivity index is 1.49. The third-order valence-corrected chi connectivity index (χ3v) is 4.13. The number of aryl methyl sites for hydroxylation is 1. The quantitative estimate of drug-likeness (QED) is 0.692. The summed E-state index contributed by atoms with van der Waals surface area (Å²) in [6.45, 7) is 2.44. The Morgan fingerprint density at radius 3 is 2.88 bits per heavy atom. The molecule has 0 atom stereocenters. The lowest BCUT2D eigenvalue weighted by molar-refractivity contribution is -0.121. The number of rotatable bonds is 6. The lowest BCUT2D eigenvalue weighted by Crippen LogP contribution is -2.30. The summed E-state index contributed by atoms with van der Waals surface area (Å²) in [6, 6.07) is 3.50. The predicted octanol–water partition coefficient (Wildman–Crippen LogP) is 1.05. The molecule has 0 aliphatic carbocycles. The molecule has 0 saturated carbocycles. The van der Waals surface area contributed by atoms with Crippen LogP contribution in [-0.2, 0) is 17.8 Å². The fourth-order valence-electron chi connectivity index (χ4n) is 2.15. The number of thiazole rings is 1. The third-order valence-electron chi connectivity index (χ3n) is 3.24. The minimum Gasteiger partial charge on any atom is -0.384 e. The molecule has 0 fully saturated rings. The SMILES string of the molecule is Cc1cc(N)n(CC(=O)NCCc2csc(-c3ncccn3)n2)n1. The van der Waals surface area contributed by atoms with Crippen LogP contribution in [0.5, 0.6) is 0 Å². The van der Waals surface area contributed by atoms with Crippen LogP contribution in [0.15, 0.2) is 29.9 Å². The zero-order valence-corrected chi connectivity index (χ0v) is 14.0. The van der Waals surface area contributed by atoms with Crippen molar-refractivity contribution in [1.29, 1.82) is 0 Å². The molecule has 0 aliphatic rings. The highest BCUT2D eigenvalue weighted by atomic mass is 32.1. The van der Waals surface area contributed by atoms with Gasteiger partial charge in [0.2, 0.25) is 5.91 Å². The van der Waals surface area contributed by atoms with E-state index in [4.69, 9.17) is 5.73 Å². The molecular weight excluding hydrogens is 326 g/mol. The number of carbonyl (C=O) groups excluding carboxylic acids is 1. The Hall–Kier alpha value is -2.81. The number of anilines is 1. The van der Waals surface area contributed by atoms with Crippen molar-refractivity contribution in [2.24, 2.45) is 0 Å². The average Bonchev–Trinajstić information content (AvgIpc) is 3.15. The van der Waals surface area contributed by atoms with Crippen LogP contribution in [0.3, 0.4) is 0 Å². The highest BCUT2D eigenvalue weighted by Crippen LogP contribution is 2.19. The normalized spacial score (nSPS) is 10.7. The largest absolute Gasteiger partial charge is 0.384 e. The van der Waals surface area contributed by atoms with Crippen LogP contribution in [0, 0.1) is 6.92 Å². The number of carbonyl (C=O) groups is 1. The molecule has 8 nitrogen and oxygen atoms in total. The second kappa shape index (κ2) is 7.18. The van der Waals surface area contributed by atoms with E-state index in [1.165, 1.54) is 16.0 Å². The van der Waals surface area contributed by atoms with Crippen molar-refractivity contribution >= 4 is 23.1 Å². The summed E-state index contributed by atoms with van der Waals surface area (Å²) in [5, 5.41) is 9.73. The van der Waals surface area contributed by atoms with Gasteiger partial charge in [-0.1, -0.05) is 0 Å². The van der Waals surface area contributed by atoms with Gasteiger partial charge in [0.25, 0.3) is 0 Å². The molecule has 124 valence electrons. The smallest absolute Gasteiger partial charge is 0.241 e. The summed E-state index contributed by atoms with van der Waals surface area (Å²) in [5.41, 5.74) is 7.46. The van der Waals surface area contributed by atoms with E-state index in [1.54, 1.807) is 24.5 Å². The fraction of sp³-hybridized carbons (Fsp3) is 0.267. The van der Waals surface area contributed by atoms with Crippen LogP contribution in [-0.4, -0.2) is 37.2 Å². The van der Waals surface area contributed by atoms with Crippen LogP contribution in [0.4, 0.5) is 5.82 Å². The maximum absolute atomic E-state index is 11.9. The molecule has 0 unspecified atom stereocenters. The third kappa shape index (κ3) is 3.93. The van der Waals surface area contributed by atoms with E-state index >= 15 is 0 Å². The number of amides is 1. The van der Waals surface area contributed by atoms with Gasteiger partial charge in [-0.2, -0.15) is 5.10 Å². The second-order valence-corrected chi connectivity index (χ2v) is 6.04. The molecule has 0 saturated heterocycles. The van der Waals surface area contributed by atoms with Gasteiger partial charge in [0.15, 0.2) is 10.8 Å². The molecule has 3 rings (SSSR count). The van der Waals surface area contributed by atoms with Crippen LogP contribution < -0.4 is 11.1 Å². The Labute approximate surface area is 142 Å². The van der Waals surface area contributed by atoms with Crippen LogP contribution in [0.25, 0.3) is 10.8 Å². The fourth-order valence-corrected chi connectivity index (χ4v) is 2.95. The van der Waals surface area contributed by atoms with Gasteiger partial charge in [-0.15, -0.1) is 11.3 Å². The van der Waals surface area contributed by atoms with Gasteiger partial charge < -0.3 is 11.1 Å². The Morgan fingerprint density at radius 2 is 2.17 bits per heavy atom. The molecule has 0 bridgehead atoms. The van der Waals surface area contributed by atoms with Gasteiger partial charge in [-0.3, -0.25) is 4.79 Å². The molecule has 3 heterocycles. The number of hydrogen-bond donors (Lipinski definition) is 2. The van der Waals surface area contributed by atoms with Gasteiger partial charge in [0, 0.05) is 36.8 Å². The molecule has 1 amide bonds. The molecule has 3 aromatic rings. The number of nitrogens with one attached hydrogen (secondary N) is 1. The molecule has 24 heavy (non-hydrogen) atoms. The van der Waals surface area contributed by atoms with E-state index in [0.717, 1.165) is 16.4 Å². The van der Waals surface area contributed by atoms with Crippen molar-refractivity contribution in [3.63, 3.8) is 0 Å². The van der Waals surface area contributed by atoms with Crippen LogP contribution in [0.1, 0.15) is 11.4 Å². The molecule has 3 aromatic heterocycles. The summed E-state index contributed by atoms with van der Waals surface area (Å²) >= 11 is 1.49. The van der Waals surface area contributed by atoms with Crippen molar-refractivity contribution in [2.45, 2.75) is 19.9 Å². The molecule has 9 heteroatoms. The van der Waals surface area contributed by atoms with Crippen LogP contribution >= 0.6 is 11.3 Å². The first-order valence-corrected chi connectivity index (χ1v) is 8.28. The van der Waals surface area contributed by atoms with Crippen molar-refractivity contribution < 1.29 is 4.79 Å². The Morgan fingerprint density at radius 1 is 1.38 bits per heavy atom. The molecule has 3 N–H and O–H groups in total. The zero-order chi connectivity index (χ0) is 16.9. The number of nitrogen functional groups attached to an aromatic ring is 1. The van der Waals surface area contributed by atoms with Crippen molar-refractivity contribution in [3.05, 3.63) is 41.3 Å². The van der Waals surface area contributed by atoms with Gasteiger partial charge in [-0.05, 0) is 13.0 Å². The van der Waals surface area contributed by atoms with Gasteiger partial charge in [-0.25, -0.2) is 19.6 Å². The summed E-state index contributed by atoms with van der Waals surface area (Å²) < 4.78 is 1.48. The Bertz CT molecular complexity index is 827. The number of hydrogen-bond acceptors (Lipinski definition) is 7. The number of nitrogens with zero attached hydrogens (tertiary/aromatic N) is 5. The van der Waals surface area contributed by atoms with E-state index in [1.807, 2.05) is 12.3 Å². The minimum atomic E-state index is -0.133. The number of nitrogens with two attached hydrogens (primary N) is 1. The van der Waals surface area contributed by atoms with E-state index in [9.17, 15) is 4.79 Å². The summed E-state index contributed by atoms with van der Waals surface area (Å²) in [6.07, 6.45) is 4.02. The van der Waals surface area contributed by atoms with Crippen molar-refractivity contribution in [3.8, 4) is 10.8 Å². The minimum absolute atomic E-state index is 0.111. The maximum atomic E-state index is 11.9. The van der Waals surface area contributed by atoms with Crippen LogP contribution in [0.2, 0.25) is 0 Å². The van der Waals surface area contributed by atoms with Gasteiger partial charge >= 0.3 is 0 Å². The van der Waals surface area contributed by atoms with Gasteiger partial charge in [0.05, 0.1) is 11.4 Å². The summed E-state index contributed by atoms with van der Waals surface area (Å²) in [7, 11) is 0. The van der Waals surface area contributed by atoms with E-state index in [-0.39, 0.29) is 12.5 Å². The summed E-state index contributed by atoms with van der Waals surface area (Å²) in [4.78, 5) is 24.8. The molecule has 0 spiro atoms. The lowest BCUT2D eigenvalue weighted by Gasteiger charge is -2.05. The first-order valence-electron chi connectivity index (χ1n) is 7.40. The molecule has 0 aromatic carbocycles. The van der Waals surface area contributed by atoms with E-state index < -0.39 is 0 Å². The van der Waals surface area contributed by atoms with Gasteiger partial charge in [0.1, 0.15) is 12.4 Å².